The third-order valence-electron chi connectivity index (χ3n) is 4.58. The van der Waals surface area contributed by atoms with E-state index in [0.29, 0.717) is 12.2 Å². The van der Waals surface area contributed by atoms with E-state index in [-0.39, 0.29) is 10.8 Å². The van der Waals surface area contributed by atoms with Crippen LogP contribution in [0.15, 0.2) is 66.1 Å². The number of benzene rings is 2. The number of aryl methyl sites for hydroxylation is 1. The molecule has 1 aliphatic carbocycles. The molecule has 3 rings (SSSR count). The fourth-order valence-corrected chi connectivity index (χ4v) is 4.12. The molecule has 0 unspecified atom stereocenters. The Balaban J connectivity index is 1.76. The molecule has 2 aromatic carbocycles. The van der Waals surface area contributed by atoms with Crippen molar-refractivity contribution < 1.29 is 13.2 Å². The highest BCUT2D eigenvalue weighted by atomic mass is 32.2. The quantitative estimate of drug-likeness (QED) is 0.735. The third-order valence-corrected chi connectivity index (χ3v) is 5.96. The van der Waals surface area contributed by atoms with Gasteiger partial charge in [-0.25, -0.2) is 8.42 Å². The van der Waals surface area contributed by atoms with Crippen LogP contribution in [-0.4, -0.2) is 20.9 Å². The smallest absolute Gasteiger partial charge is 0.261 e. The van der Waals surface area contributed by atoms with E-state index in [1.165, 1.54) is 0 Å². The Morgan fingerprint density at radius 3 is 2.46 bits per heavy atom. The second-order valence-corrected chi connectivity index (χ2v) is 8.26. The van der Waals surface area contributed by atoms with Gasteiger partial charge in [-0.3, -0.25) is 9.52 Å². The van der Waals surface area contributed by atoms with Crippen molar-refractivity contribution >= 4 is 21.6 Å². The minimum Gasteiger partial charge on any atom is -0.352 e. The van der Waals surface area contributed by atoms with E-state index in [1.54, 1.807) is 36.4 Å². The Morgan fingerprint density at radius 1 is 1.19 bits per heavy atom. The predicted octanol–water partition coefficient (Wildman–Crippen LogP) is 3.13. The van der Waals surface area contributed by atoms with E-state index < -0.39 is 15.4 Å². The first kappa shape index (κ1) is 18.2. The zero-order valence-electron chi connectivity index (χ0n) is 14.7. The topological polar surface area (TPSA) is 75.3 Å². The van der Waals surface area contributed by atoms with Gasteiger partial charge >= 0.3 is 0 Å². The fourth-order valence-electron chi connectivity index (χ4n) is 2.96. The van der Waals surface area contributed by atoms with Gasteiger partial charge in [0.2, 0.25) is 5.91 Å². The summed E-state index contributed by atoms with van der Waals surface area (Å²) in [6.45, 7) is 5.89. The van der Waals surface area contributed by atoms with Crippen LogP contribution in [0.25, 0.3) is 0 Å². The van der Waals surface area contributed by atoms with Crippen molar-refractivity contribution in [2.75, 3.05) is 11.3 Å². The molecular weight excluding hydrogens is 348 g/mol. The van der Waals surface area contributed by atoms with Crippen molar-refractivity contribution in [1.29, 1.82) is 0 Å². The van der Waals surface area contributed by atoms with Gasteiger partial charge in [0.05, 0.1) is 10.3 Å². The van der Waals surface area contributed by atoms with Crippen molar-refractivity contribution in [3.8, 4) is 0 Å². The lowest BCUT2D eigenvalue weighted by molar-refractivity contribution is -0.123. The molecule has 0 saturated heterocycles. The summed E-state index contributed by atoms with van der Waals surface area (Å²) in [6.07, 6.45) is 3.24. The van der Waals surface area contributed by atoms with E-state index in [9.17, 15) is 13.2 Å². The molecule has 5 nitrogen and oxygen atoms in total. The van der Waals surface area contributed by atoms with Crippen LogP contribution in [0, 0.1) is 6.92 Å². The number of amides is 1. The van der Waals surface area contributed by atoms with Crippen LogP contribution in [0.2, 0.25) is 0 Å². The molecular formula is C20H22N2O3S. The summed E-state index contributed by atoms with van der Waals surface area (Å²) >= 11 is 0. The van der Waals surface area contributed by atoms with Crippen molar-refractivity contribution in [3.05, 3.63) is 72.3 Å². The number of carbonyl (C=O) groups is 1. The van der Waals surface area contributed by atoms with Crippen molar-refractivity contribution in [2.45, 2.75) is 30.1 Å². The van der Waals surface area contributed by atoms with E-state index in [4.69, 9.17) is 0 Å². The molecule has 1 fully saturated rings. The highest BCUT2D eigenvalue weighted by Gasteiger charge is 2.50. The molecule has 26 heavy (non-hydrogen) atoms. The number of rotatable bonds is 7. The zero-order chi connectivity index (χ0) is 18.8. The van der Waals surface area contributed by atoms with Gasteiger partial charge in [-0.2, -0.15) is 0 Å². The molecule has 136 valence electrons. The number of hydrogen-bond acceptors (Lipinski definition) is 3. The van der Waals surface area contributed by atoms with Crippen LogP contribution in [0.3, 0.4) is 0 Å². The molecule has 0 spiro atoms. The molecule has 0 aromatic heterocycles. The van der Waals surface area contributed by atoms with Crippen molar-refractivity contribution in [3.63, 3.8) is 0 Å². The average molecular weight is 370 g/mol. The van der Waals surface area contributed by atoms with Crippen LogP contribution >= 0.6 is 0 Å². The van der Waals surface area contributed by atoms with Gasteiger partial charge in [-0.15, -0.1) is 6.58 Å². The molecule has 6 heteroatoms. The second kappa shape index (κ2) is 6.96. The van der Waals surface area contributed by atoms with Gasteiger partial charge in [0.25, 0.3) is 10.0 Å². The van der Waals surface area contributed by atoms with Crippen LogP contribution in [-0.2, 0) is 20.2 Å². The summed E-state index contributed by atoms with van der Waals surface area (Å²) < 4.78 is 27.6. The van der Waals surface area contributed by atoms with E-state index in [2.05, 4.69) is 16.6 Å². The number of hydrogen-bond donors (Lipinski definition) is 2. The van der Waals surface area contributed by atoms with Crippen LogP contribution in [0.5, 0.6) is 0 Å². The second-order valence-electron chi connectivity index (χ2n) is 6.58. The van der Waals surface area contributed by atoms with Gasteiger partial charge in [-0.1, -0.05) is 30.3 Å². The summed E-state index contributed by atoms with van der Waals surface area (Å²) in [5.74, 6) is -0.00880. The van der Waals surface area contributed by atoms with E-state index >= 15 is 0 Å². The zero-order valence-corrected chi connectivity index (χ0v) is 15.5. The third kappa shape index (κ3) is 3.65. The fraction of sp³-hybridized carbons (Fsp3) is 0.250. The lowest BCUT2D eigenvalue weighted by Crippen LogP contribution is -2.34. The molecule has 0 radical (unpaired) electrons. The lowest BCUT2D eigenvalue weighted by atomic mass is 9.95. The number of nitrogens with one attached hydrogen (secondary N) is 2. The molecule has 0 aliphatic heterocycles. The lowest BCUT2D eigenvalue weighted by Gasteiger charge is -2.16. The number of carbonyl (C=O) groups excluding carboxylic acids is 1. The van der Waals surface area contributed by atoms with Crippen LogP contribution in [0.4, 0.5) is 5.69 Å². The summed E-state index contributed by atoms with van der Waals surface area (Å²) in [5.41, 5.74) is 1.76. The largest absolute Gasteiger partial charge is 0.352 e. The Bertz CT molecular complexity index is 930. The van der Waals surface area contributed by atoms with E-state index in [1.807, 2.05) is 25.1 Å². The maximum atomic E-state index is 12.5. The minimum absolute atomic E-state index is 0.00880. The summed E-state index contributed by atoms with van der Waals surface area (Å²) in [6, 6.07) is 13.8. The highest BCUT2D eigenvalue weighted by Crippen LogP contribution is 2.48. The van der Waals surface area contributed by atoms with Gasteiger partial charge < -0.3 is 5.32 Å². The Morgan fingerprint density at radius 2 is 1.88 bits per heavy atom. The van der Waals surface area contributed by atoms with Crippen LogP contribution < -0.4 is 10.0 Å². The van der Waals surface area contributed by atoms with Gasteiger partial charge in [-0.05, 0) is 55.2 Å². The van der Waals surface area contributed by atoms with Crippen LogP contribution in [0.1, 0.15) is 24.0 Å². The number of sulfonamides is 1. The van der Waals surface area contributed by atoms with Gasteiger partial charge in [0.1, 0.15) is 0 Å². The molecule has 0 heterocycles. The first-order chi connectivity index (χ1) is 12.4. The van der Waals surface area contributed by atoms with E-state index in [0.717, 1.165) is 24.0 Å². The molecule has 1 saturated carbocycles. The molecule has 2 aromatic rings. The van der Waals surface area contributed by atoms with Gasteiger partial charge in [0.15, 0.2) is 0 Å². The number of anilines is 1. The van der Waals surface area contributed by atoms with Gasteiger partial charge in [0, 0.05) is 12.2 Å². The Labute approximate surface area is 154 Å². The first-order valence-corrected chi connectivity index (χ1v) is 9.95. The molecule has 0 bridgehead atoms. The van der Waals surface area contributed by atoms with Crippen molar-refractivity contribution in [2.24, 2.45) is 0 Å². The first-order valence-electron chi connectivity index (χ1n) is 8.47. The highest BCUT2D eigenvalue weighted by molar-refractivity contribution is 7.92. The Kier molecular flexibility index (Phi) is 4.87. The standard InChI is InChI=1S/C20H22N2O3S/c1-3-13-21-19(23)20(11-12-20)16-7-9-17(10-8-16)22-26(24,25)18-6-4-5-15(2)14-18/h3-10,14,22H,1,11-13H2,2H3,(H,21,23). The SMILES string of the molecule is C=CCNC(=O)C1(c2ccc(NS(=O)(=O)c3cccc(C)c3)cc2)CC1. The van der Waals surface area contributed by atoms with Crippen molar-refractivity contribution in [1.82, 2.24) is 5.32 Å². The molecule has 0 atom stereocenters. The molecule has 1 amide bonds. The maximum absolute atomic E-state index is 12.5. The summed E-state index contributed by atoms with van der Waals surface area (Å²) in [5, 5.41) is 2.84. The molecule has 1 aliphatic rings. The Hall–Kier alpha value is -2.60. The maximum Gasteiger partial charge on any atom is 0.261 e. The normalized spacial score (nSPS) is 15.1. The average Bonchev–Trinajstić information content (AvgIpc) is 3.42. The summed E-state index contributed by atoms with van der Waals surface area (Å²) in [4.78, 5) is 12.6. The summed E-state index contributed by atoms with van der Waals surface area (Å²) in [7, 11) is -3.64. The molecule has 2 N–H and O–H groups in total. The monoisotopic (exact) mass is 370 g/mol. The minimum atomic E-state index is -3.64. The predicted molar refractivity (Wildman–Crippen MR) is 103 cm³/mol.